The van der Waals surface area contributed by atoms with E-state index in [1.54, 1.807) is 19.1 Å². The van der Waals surface area contributed by atoms with Crippen LogP contribution in [0, 0.1) is 11.7 Å². The predicted molar refractivity (Wildman–Crippen MR) is 78.1 cm³/mol. The lowest BCUT2D eigenvalue weighted by atomic mass is 10.0. The van der Waals surface area contributed by atoms with E-state index in [0.717, 1.165) is 0 Å². The van der Waals surface area contributed by atoms with Crippen molar-refractivity contribution in [3.63, 3.8) is 0 Å². The summed E-state index contributed by atoms with van der Waals surface area (Å²) < 4.78 is 17.8. The van der Waals surface area contributed by atoms with Gasteiger partial charge in [0.1, 0.15) is 11.9 Å². The van der Waals surface area contributed by atoms with Crippen molar-refractivity contribution in [3.8, 4) is 0 Å². The lowest BCUT2D eigenvalue weighted by Crippen LogP contribution is -2.43. The second-order valence-corrected chi connectivity index (χ2v) is 5.30. The first-order valence-electron chi connectivity index (χ1n) is 7.12. The van der Waals surface area contributed by atoms with Crippen molar-refractivity contribution < 1.29 is 18.7 Å². The zero-order valence-electron chi connectivity index (χ0n) is 12.7. The van der Waals surface area contributed by atoms with Gasteiger partial charge in [-0.2, -0.15) is 0 Å². The number of amides is 1. The molecule has 0 saturated heterocycles. The molecular weight excluding hydrogens is 273 g/mol. The Morgan fingerprint density at radius 2 is 1.86 bits per heavy atom. The summed E-state index contributed by atoms with van der Waals surface area (Å²) in [6.07, 6.45) is 0.627. The highest BCUT2D eigenvalue weighted by atomic mass is 19.1. The van der Waals surface area contributed by atoms with Crippen LogP contribution in [-0.4, -0.2) is 24.5 Å². The third-order valence-corrected chi connectivity index (χ3v) is 2.89. The Balaban J connectivity index is 2.62. The number of rotatable bonds is 7. The highest BCUT2D eigenvalue weighted by Gasteiger charge is 2.23. The molecule has 0 aliphatic carbocycles. The number of esters is 1. The van der Waals surface area contributed by atoms with Gasteiger partial charge in [-0.25, -0.2) is 9.18 Å². The molecule has 0 bridgehead atoms. The molecule has 0 aromatic heterocycles. The molecule has 21 heavy (non-hydrogen) atoms. The van der Waals surface area contributed by atoms with Gasteiger partial charge in [0.2, 0.25) is 5.91 Å². The van der Waals surface area contributed by atoms with Gasteiger partial charge in [-0.05, 0) is 37.0 Å². The molecular formula is C16H22FNO3. The summed E-state index contributed by atoms with van der Waals surface area (Å²) >= 11 is 0. The van der Waals surface area contributed by atoms with Crippen molar-refractivity contribution >= 4 is 11.9 Å². The molecule has 0 spiro atoms. The van der Waals surface area contributed by atoms with Crippen LogP contribution in [0.2, 0.25) is 0 Å². The van der Waals surface area contributed by atoms with Gasteiger partial charge in [-0.3, -0.25) is 4.79 Å². The molecule has 1 rings (SSSR count). The van der Waals surface area contributed by atoms with Crippen molar-refractivity contribution in [2.75, 3.05) is 6.61 Å². The third kappa shape index (κ3) is 6.38. The van der Waals surface area contributed by atoms with Crippen LogP contribution < -0.4 is 5.32 Å². The predicted octanol–water partition coefficient (Wildman–Crippen LogP) is 2.46. The largest absolute Gasteiger partial charge is 0.464 e. The second-order valence-electron chi connectivity index (χ2n) is 5.30. The van der Waals surface area contributed by atoms with E-state index in [1.807, 2.05) is 13.8 Å². The van der Waals surface area contributed by atoms with E-state index in [9.17, 15) is 14.0 Å². The Bertz CT molecular complexity index is 471. The maximum atomic E-state index is 12.8. The van der Waals surface area contributed by atoms with Gasteiger partial charge < -0.3 is 10.1 Å². The maximum Gasteiger partial charge on any atom is 0.328 e. The molecule has 0 saturated carbocycles. The molecule has 0 heterocycles. The number of nitrogens with one attached hydrogen (secondary N) is 1. The quantitative estimate of drug-likeness (QED) is 0.786. The van der Waals surface area contributed by atoms with Crippen LogP contribution in [-0.2, 0) is 20.7 Å². The van der Waals surface area contributed by atoms with Crippen LogP contribution in [0.3, 0.4) is 0 Å². The number of hydrogen-bond acceptors (Lipinski definition) is 3. The Hall–Kier alpha value is -1.91. The Labute approximate surface area is 124 Å². The molecule has 116 valence electrons. The van der Waals surface area contributed by atoms with Gasteiger partial charge >= 0.3 is 5.97 Å². The summed E-state index contributed by atoms with van der Waals surface area (Å²) in [7, 11) is 0. The maximum absolute atomic E-state index is 12.8. The fourth-order valence-corrected chi connectivity index (χ4v) is 1.96. The van der Waals surface area contributed by atoms with Crippen LogP contribution in [0.15, 0.2) is 24.3 Å². The molecule has 1 N–H and O–H groups in total. The van der Waals surface area contributed by atoms with E-state index in [4.69, 9.17) is 4.74 Å². The minimum atomic E-state index is -0.641. The number of ether oxygens (including phenoxy) is 1. The number of carbonyl (C=O) groups is 2. The summed E-state index contributed by atoms with van der Waals surface area (Å²) in [6.45, 7) is 5.95. The van der Waals surface area contributed by atoms with Crippen LogP contribution in [0.5, 0.6) is 0 Å². The molecule has 0 aliphatic heterocycles. The van der Waals surface area contributed by atoms with Crippen molar-refractivity contribution in [2.45, 2.75) is 39.7 Å². The van der Waals surface area contributed by atoms with E-state index in [-0.39, 0.29) is 30.7 Å². The summed E-state index contributed by atoms with van der Waals surface area (Å²) in [5.74, 6) is -0.784. The first kappa shape index (κ1) is 17.1. The van der Waals surface area contributed by atoms with E-state index in [2.05, 4.69) is 5.32 Å². The van der Waals surface area contributed by atoms with E-state index >= 15 is 0 Å². The average Bonchev–Trinajstić information content (AvgIpc) is 2.40. The van der Waals surface area contributed by atoms with Crippen molar-refractivity contribution in [1.29, 1.82) is 0 Å². The molecule has 1 amide bonds. The monoisotopic (exact) mass is 295 g/mol. The van der Waals surface area contributed by atoms with Crippen LogP contribution >= 0.6 is 0 Å². The number of carbonyl (C=O) groups excluding carboxylic acids is 2. The second kappa shape index (κ2) is 8.39. The molecule has 1 aromatic rings. The number of halogens is 1. The van der Waals surface area contributed by atoms with Crippen LogP contribution in [0.1, 0.15) is 32.8 Å². The Morgan fingerprint density at radius 3 is 2.38 bits per heavy atom. The molecule has 4 nitrogen and oxygen atoms in total. The van der Waals surface area contributed by atoms with Crippen molar-refractivity contribution in [2.24, 2.45) is 5.92 Å². The first-order valence-corrected chi connectivity index (χ1v) is 7.12. The van der Waals surface area contributed by atoms with Gasteiger partial charge in [0, 0.05) is 0 Å². The zero-order valence-corrected chi connectivity index (χ0v) is 12.7. The van der Waals surface area contributed by atoms with Crippen LogP contribution in [0.25, 0.3) is 0 Å². The number of benzene rings is 1. The number of hydrogen-bond donors (Lipinski definition) is 1. The minimum absolute atomic E-state index is 0.105. The summed E-state index contributed by atoms with van der Waals surface area (Å²) in [4.78, 5) is 23.8. The minimum Gasteiger partial charge on any atom is -0.464 e. The molecule has 1 atom stereocenters. The molecule has 0 radical (unpaired) electrons. The Morgan fingerprint density at radius 1 is 1.24 bits per heavy atom. The summed E-state index contributed by atoms with van der Waals surface area (Å²) in [6, 6.07) is 5.07. The lowest BCUT2D eigenvalue weighted by molar-refractivity contribution is -0.147. The zero-order chi connectivity index (χ0) is 15.8. The van der Waals surface area contributed by atoms with Crippen molar-refractivity contribution in [1.82, 2.24) is 5.32 Å². The van der Waals surface area contributed by atoms with Gasteiger partial charge in [0.05, 0.1) is 13.0 Å². The normalized spacial score (nSPS) is 12.0. The standard InChI is InChI=1S/C16H22FNO3/c1-4-21-16(20)14(9-11(2)3)18-15(19)10-12-5-7-13(17)8-6-12/h5-8,11,14H,4,9-10H2,1-3H3,(H,18,19)/t14-/m0/s1. The Kier molecular flexibility index (Phi) is 6.85. The smallest absolute Gasteiger partial charge is 0.328 e. The summed E-state index contributed by atoms with van der Waals surface area (Å²) in [5, 5.41) is 2.69. The fraction of sp³-hybridized carbons (Fsp3) is 0.500. The summed E-state index contributed by atoms with van der Waals surface area (Å²) in [5.41, 5.74) is 0.695. The highest BCUT2D eigenvalue weighted by molar-refractivity contribution is 5.85. The molecule has 0 unspecified atom stereocenters. The van der Waals surface area contributed by atoms with Gasteiger partial charge in [0.25, 0.3) is 0 Å². The SMILES string of the molecule is CCOC(=O)[C@H](CC(C)C)NC(=O)Cc1ccc(F)cc1. The molecule has 5 heteroatoms. The van der Waals surface area contributed by atoms with Crippen LogP contribution in [0.4, 0.5) is 4.39 Å². The van der Waals surface area contributed by atoms with E-state index < -0.39 is 12.0 Å². The third-order valence-electron chi connectivity index (χ3n) is 2.89. The molecule has 1 aromatic carbocycles. The van der Waals surface area contributed by atoms with E-state index in [0.29, 0.717) is 12.0 Å². The van der Waals surface area contributed by atoms with Gasteiger partial charge in [0.15, 0.2) is 0 Å². The molecule has 0 fully saturated rings. The highest BCUT2D eigenvalue weighted by Crippen LogP contribution is 2.08. The molecule has 0 aliphatic rings. The van der Waals surface area contributed by atoms with Crippen molar-refractivity contribution in [3.05, 3.63) is 35.6 Å². The fourth-order valence-electron chi connectivity index (χ4n) is 1.96. The van der Waals surface area contributed by atoms with E-state index in [1.165, 1.54) is 12.1 Å². The average molecular weight is 295 g/mol. The van der Waals surface area contributed by atoms with Gasteiger partial charge in [-0.1, -0.05) is 26.0 Å². The topological polar surface area (TPSA) is 55.4 Å². The van der Waals surface area contributed by atoms with Gasteiger partial charge in [-0.15, -0.1) is 0 Å². The first-order chi connectivity index (χ1) is 9.92. The lowest BCUT2D eigenvalue weighted by Gasteiger charge is -2.19.